The van der Waals surface area contributed by atoms with Crippen molar-refractivity contribution in [1.82, 2.24) is 0 Å². The number of nitrogens with zero attached hydrogens (tertiary/aromatic N) is 1. The van der Waals surface area contributed by atoms with Gasteiger partial charge in [0.05, 0.1) is 13.2 Å². The van der Waals surface area contributed by atoms with Crippen LogP contribution in [0.5, 0.6) is 0 Å². The first-order chi connectivity index (χ1) is 11.7. The van der Waals surface area contributed by atoms with Crippen LogP contribution in [0.3, 0.4) is 0 Å². The molecule has 3 rings (SSSR count). The van der Waals surface area contributed by atoms with Gasteiger partial charge < -0.3 is 18.9 Å². The number of hydrogen-bond donors (Lipinski definition) is 0. The second-order valence-electron chi connectivity index (χ2n) is 8.60. The van der Waals surface area contributed by atoms with E-state index in [9.17, 15) is 0 Å². The third-order valence-electron chi connectivity index (χ3n) is 6.52. The van der Waals surface area contributed by atoms with E-state index in [-0.39, 0.29) is 11.2 Å². The van der Waals surface area contributed by atoms with Gasteiger partial charge in [-0.1, -0.05) is 32.4 Å². The van der Waals surface area contributed by atoms with E-state index >= 15 is 0 Å². The van der Waals surface area contributed by atoms with Crippen molar-refractivity contribution < 1.29 is 14.0 Å². The molecule has 0 radical (unpaired) electrons. The molecule has 25 heavy (non-hydrogen) atoms. The molecule has 1 unspecified atom stereocenters. The van der Waals surface area contributed by atoms with E-state index in [0.717, 1.165) is 32.7 Å². The standard InChI is InChI=1S/C20H33BNO3/c1-7-16(2)21(24-19(3,4)20(5,6)25-21)17-8-10-18(11-9-17)22-12-14-23-15-13-22/h8-11,16H,7,12-15H2,1-6H3/q-1. The minimum atomic E-state index is -1.50. The van der Waals surface area contributed by atoms with E-state index in [1.807, 2.05) is 0 Å². The molecule has 2 saturated heterocycles. The molecule has 1 aromatic rings. The first-order valence-electron chi connectivity index (χ1n) is 9.70. The van der Waals surface area contributed by atoms with Gasteiger partial charge in [0.15, 0.2) is 0 Å². The van der Waals surface area contributed by atoms with Crippen molar-refractivity contribution in [2.75, 3.05) is 31.2 Å². The van der Waals surface area contributed by atoms with Crippen LogP contribution in [0.2, 0.25) is 5.82 Å². The first-order valence-corrected chi connectivity index (χ1v) is 9.70. The molecule has 0 saturated carbocycles. The molecular weight excluding hydrogens is 313 g/mol. The lowest BCUT2D eigenvalue weighted by molar-refractivity contribution is 0.00578. The number of benzene rings is 1. The average molecular weight is 346 g/mol. The summed E-state index contributed by atoms with van der Waals surface area (Å²) in [7, 11) is 0. The maximum atomic E-state index is 6.68. The van der Waals surface area contributed by atoms with Gasteiger partial charge in [-0.3, -0.25) is 0 Å². The van der Waals surface area contributed by atoms with Crippen LogP contribution in [0, 0.1) is 0 Å². The van der Waals surface area contributed by atoms with Gasteiger partial charge in [-0.15, -0.1) is 5.82 Å². The normalized spacial score (nSPS) is 25.8. The maximum absolute atomic E-state index is 6.68. The molecular formula is C20H33BNO3-. The van der Waals surface area contributed by atoms with Crippen LogP contribution < -0.4 is 10.4 Å². The van der Waals surface area contributed by atoms with Crippen molar-refractivity contribution >= 4 is 17.7 Å². The minimum Gasteiger partial charge on any atom is -0.558 e. The van der Waals surface area contributed by atoms with E-state index in [4.69, 9.17) is 14.0 Å². The van der Waals surface area contributed by atoms with Gasteiger partial charge in [-0.25, -0.2) is 0 Å². The highest BCUT2D eigenvalue weighted by Crippen LogP contribution is 2.46. The molecule has 0 spiro atoms. The summed E-state index contributed by atoms with van der Waals surface area (Å²) in [6.07, 6.45) is 1.03. The molecule has 2 heterocycles. The fourth-order valence-corrected chi connectivity index (χ4v) is 3.97. The highest BCUT2D eigenvalue weighted by Gasteiger charge is 2.53. The molecule has 0 amide bonds. The van der Waals surface area contributed by atoms with E-state index in [2.05, 4.69) is 70.7 Å². The first kappa shape index (κ1) is 18.7. The Balaban J connectivity index is 1.93. The predicted molar refractivity (Wildman–Crippen MR) is 105 cm³/mol. The van der Waals surface area contributed by atoms with Crippen molar-refractivity contribution in [2.24, 2.45) is 0 Å². The zero-order chi connectivity index (χ0) is 18.3. The van der Waals surface area contributed by atoms with Crippen molar-refractivity contribution in [1.29, 1.82) is 0 Å². The van der Waals surface area contributed by atoms with E-state index in [0.29, 0.717) is 5.82 Å². The fraction of sp³-hybridized carbons (Fsp3) is 0.700. The third-order valence-corrected chi connectivity index (χ3v) is 6.52. The molecule has 0 aliphatic carbocycles. The maximum Gasteiger partial charge on any atom is 0.273 e. The lowest BCUT2D eigenvalue weighted by atomic mass is 9.42. The Morgan fingerprint density at radius 2 is 1.52 bits per heavy atom. The van der Waals surface area contributed by atoms with E-state index in [1.165, 1.54) is 11.2 Å². The summed E-state index contributed by atoms with van der Waals surface area (Å²) >= 11 is 0. The van der Waals surface area contributed by atoms with Gasteiger partial charge in [0, 0.05) is 30.0 Å². The highest BCUT2D eigenvalue weighted by molar-refractivity contribution is 6.83. The summed E-state index contributed by atoms with van der Waals surface area (Å²) in [5, 5.41) is 0. The largest absolute Gasteiger partial charge is 0.558 e. The van der Waals surface area contributed by atoms with Crippen molar-refractivity contribution in [3.05, 3.63) is 24.3 Å². The van der Waals surface area contributed by atoms with Gasteiger partial charge in [-0.2, -0.15) is 5.46 Å². The summed E-state index contributed by atoms with van der Waals surface area (Å²) in [6, 6.07) is 8.82. The Labute approximate surface area is 152 Å². The molecule has 4 nitrogen and oxygen atoms in total. The zero-order valence-electron chi connectivity index (χ0n) is 16.7. The van der Waals surface area contributed by atoms with Crippen LogP contribution >= 0.6 is 0 Å². The molecule has 2 aliphatic rings. The molecule has 0 aromatic heterocycles. The molecule has 2 aliphatic heterocycles. The Morgan fingerprint density at radius 1 is 1.00 bits per heavy atom. The number of hydrogen-bond acceptors (Lipinski definition) is 4. The second kappa shape index (κ2) is 6.60. The SMILES string of the molecule is CCC(C)[B-]1(c2ccc(N3CCOCC3)cc2)OC(C)(C)C(C)(C)O1. The summed E-state index contributed by atoms with van der Waals surface area (Å²) in [5.74, 6) is 0.329. The molecule has 1 atom stereocenters. The summed E-state index contributed by atoms with van der Waals surface area (Å²) in [6.45, 7) is 15.0. The van der Waals surface area contributed by atoms with Gasteiger partial charge in [-0.05, 0) is 39.8 Å². The van der Waals surface area contributed by atoms with Gasteiger partial charge in [0.2, 0.25) is 0 Å². The van der Waals surface area contributed by atoms with Crippen LogP contribution in [-0.4, -0.2) is 44.1 Å². The van der Waals surface area contributed by atoms with Crippen molar-refractivity contribution in [2.45, 2.75) is 65.0 Å². The Kier molecular flexibility index (Phi) is 4.95. The van der Waals surface area contributed by atoms with E-state index in [1.54, 1.807) is 0 Å². The Bertz CT molecular complexity index is 577. The molecule has 0 N–H and O–H groups in total. The average Bonchev–Trinajstić information content (AvgIpc) is 2.80. The smallest absolute Gasteiger partial charge is 0.273 e. The van der Waals surface area contributed by atoms with Crippen LogP contribution in [0.25, 0.3) is 0 Å². The highest BCUT2D eigenvalue weighted by atomic mass is 16.7. The number of rotatable bonds is 4. The molecule has 0 bridgehead atoms. The summed E-state index contributed by atoms with van der Waals surface area (Å²) in [4.78, 5) is 2.38. The van der Waals surface area contributed by atoms with Crippen LogP contribution in [-0.2, 0) is 14.0 Å². The monoisotopic (exact) mass is 346 g/mol. The van der Waals surface area contributed by atoms with Gasteiger partial charge in [0.25, 0.3) is 6.55 Å². The summed E-state index contributed by atoms with van der Waals surface area (Å²) in [5.41, 5.74) is 1.78. The van der Waals surface area contributed by atoms with Crippen molar-refractivity contribution in [3.8, 4) is 0 Å². The number of anilines is 1. The minimum absolute atomic E-state index is 0.320. The van der Waals surface area contributed by atoms with Crippen LogP contribution in [0.1, 0.15) is 48.0 Å². The number of morpholine rings is 1. The van der Waals surface area contributed by atoms with Gasteiger partial charge in [0.1, 0.15) is 0 Å². The third kappa shape index (κ3) is 3.22. The van der Waals surface area contributed by atoms with Gasteiger partial charge >= 0.3 is 0 Å². The molecule has 5 heteroatoms. The number of ether oxygens (including phenoxy) is 1. The van der Waals surface area contributed by atoms with Crippen LogP contribution in [0.4, 0.5) is 5.69 Å². The summed E-state index contributed by atoms with van der Waals surface area (Å²) < 4.78 is 18.8. The quantitative estimate of drug-likeness (QED) is 0.780. The topological polar surface area (TPSA) is 30.9 Å². The lowest BCUT2D eigenvalue weighted by Crippen LogP contribution is -2.54. The molecule has 140 valence electrons. The van der Waals surface area contributed by atoms with E-state index < -0.39 is 6.55 Å². The Morgan fingerprint density at radius 3 is 2.00 bits per heavy atom. The zero-order valence-corrected chi connectivity index (χ0v) is 16.7. The fourth-order valence-electron chi connectivity index (χ4n) is 3.97. The molecule has 1 aromatic carbocycles. The van der Waals surface area contributed by atoms with Crippen LogP contribution in [0.15, 0.2) is 24.3 Å². The molecule has 2 fully saturated rings. The second-order valence-corrected chi connectivity index (χ2v) is 8.60. The predicted octanol–water partition coefficient (Wildman–Crippen LogP) is 3.58. The Hall–Kier alpha value is -1.04. The van der Waals surface area contributed by atoms with Crippen molar-refractivity contribution in [3.63, 3.8) is 0 Å². The lowest BCUT2D eigenvalue weighted by Gasteiger charge is -2.43.